The molecule has 1 heterocycles. The fourth-order valence-corrected chi connectivity index (χ4v) is 1.51. The van der Waals surface area contributed by atoms with Gasteiger partial charge in [0.2, 0.25) is 0 Å². The Bertz CT molecular complexity index is 175. The molecule has 2 unspecified atom stereocenters. The van der Waals surface area contributed by atoms with Gasteiger partial charge in [-0.15, -0.1) is 0 Å². The highest BCUT2D eigenvalue weighted by molar-refractivity contribution is 5.72. The van der Waals surface area contributed by atoms with E-state index in [1.165, 1.54) is 0 Å². The molecular formula is C10H18O4. The Morgan fingerprint density at radius 3 is 3.00 bits per heavy atom. The molecule has 4 heteroatoms. The zero-order chi connectivity index (χ0) is 10.4. The number of carboxylic acids is 1. The van der Waals surface area contributed by atoms with E-state index in [4.69, 9.17) is 14.6 Å². The summed E-state index contributed by atoms with van der Waals surface area (Å²) < 4.78 is 10.5. The first-order valence-electron chi connectivity index (χ1n) is 5.16. The first kappa shape index (κ1) is 11.5. The van der Waals surface area contributed by atoms with Crippen LogP contribution in [0, 0.1) is 5.92 Å². The van der Waals surface area contributed by atoms with E-state index in [0.29, 0.717) is 25.6 Å². The molecule has 0 aromatic rings. The average Bonchev–Trinajstić information content (AvgIpc) is 2.64. The molecule has 1 saturated heterocycles. The van der Waals surface area contributed by atoms with Gasteiger partial charge in [-0.1, -0.05) is 13.3 Å². The van der Waals surface area contributed by atoms with Crippen molar-refractivity contribution in [1.82, 2.24) is 0 Å². The summed E-state index contributed by atoms with van der Waals surface area (Å²) in [6.07, 6.45) is 1.76. The van der Waals surface area contributed by atoms with Gasteiger partial charge in [-0.05, 0) is 12.8 Å². The van der Waals surface area contributed by atoms with Crippen LogP contribution in [0.4, 0.5) is 0 Å². The molecule has 0 aromatic heterocycles. The highest BCUT2D eigenvalue weighted by Gasteiger charge is 2.21. The van der Waals surface area contributed by atoms with Crippen molar-refractivity contribution >= 4 is 5.97 Å². The lowest BCUT2D eigenvalue weighted by Gasteiger charge is -2.15. The van der Waals surface area contributed by atoms with E-state index in [1.807, 2.05) is 6.92 Å². The van der Waals surface area contributed by atoms with Crippen molar-refractivity contribution in [2.24, 2.45) is 5.92 Å². The molecule has 1 rings (SSSR count). The number of ether oxygens (including phenoxy) is 2. The molecule has 1 N–H and O–H groups in total. The number of carbonyl (C=O) groups is 1. The molecule has 0 bridgehead atoms. The smallest absolute Gasteiger partial charge is 0.332 e. The van der Waals surface area contributed by atoms with E-state index >= 15 is 0 Å². The second kappa shape index (κ2) is 5.98. The summed E-state index contributed by atoms with van der Waals surface area (Å²) in [5.41, 5.74) is 0. The maximum absolute atomic E-state index is 10.7. The van der Waals surface area contributed by atoms with Gasteiger partial charge in [0, 0.05) is 12.5 Å². The molecule has 82 valence electrons. The molecule has 0 radical (unpaired) electrons. The van der Waals surface area contributed by atoms with Crippen LogP contribution in [-0.4, -0.2) is 37.0 Å². The van der Waals surface area contributed by atoms with Crippen LogP contribution in [0.3, 0.4) is 0 Å². The third kappa shape index (κ3) is 3.64. The minimum atomic E-state index is -0.856. The molecule has 0 amide bonds. The molecule has 1 aliphatic heterocycles. The Labute approximate surface area is 84.2 Å². The minimum Gasteiger partial charge on any atom is -0.479 e. The Balaban J connectivity index is 2.21. The number of carboxylic acid groups (broad SMARTS) is 1. The van der Waals surface area contributed by atoms with Crippen LogP contribution in [0.2, 0.25) is 0 Å². The highest BCUT2D eigenvalue weighted by atomic mass is 16.5. The Morgan fingerprint density at radius 2 is 2.50 bits per heavy atom. The van der Waals surface area contributed by atoms with E-state index in [2.05, 4.69) is 0 Å². The van der Waals surface area contributed by atoms with Crippen molar-refractivity contribution in [1.29, 1.82) is 0 Å². The SMILES string of the molecule is CCCC(OCC1CCOC1)C(=O)O. The largest absolute Gasteiger partial charge is 0.479 e. The Morgan fingerprint density at radius 1 is 1.71 bits per heavy atom. The van der Waals surface area contributed by atoms with Crippen LogP contribution < -0.4 is 0 Å². The van der Waals surface area contributed by atoms with Crippen LogP contribution in [0.1, 0.15) is 26.2 Å². The van der Waals surface area contributed by atoms with E-state index in [1.54, 1.807) is 0 Å². The van der Waals surface area contributed by atoms with Crippen LogP contribution in [-0.2, 0) is 14.3 Å². The van der Waals surface area contributed by atoms with Gasteiger partial charge in [0.15, 0.2) is 6.10 Å². The van der Waals surface area contributed by atoms with Gasteiger partial charge >= 0.3 is 5.97 Å². The molecule has 0 aliphatic carbocycles. The first-order valence-corrected chi connectivity index (χ1v) is 5.16. The number of rotatable bonds is 6. The maximum Gasteiger partial charge on any atom is 0.332 e. The van der Waals surface area contributed by atoms with Crippen LogP contribution in [0.25, 0.3) is 0 Å². The van der Waals surface area contributed by atoms with Crippen molar-refractivity contribution in [3.63, 3.8) is 0 Å². The van der Waals surface area contributed by atoms with Gasteiger partial charge in [-0.3, -0.25) is 0 Å². The second-order valence-corrected chi connectivity index (χ2v) is 3.68. The van der Waals surface area contributed by atoms with Crippen LogP contribution in [0.5, 0.6) is 0 Å². The number of aliphatic carboxylic acids is 1. The molecule has 2 atom stereocenters. The van der Waals surface area contributed by atoms with Crippen molar-refractivity contribution in [2.45, 2.75) is 32.3 Å². The maximum atomic E-state index is 10.7. The van der Waals surface area contributed by atoms with Gasteiger partial charge in [-0.25, -0.2) is 4.79 Å². The van der Waals surface area contributed by atoms with Crippen LogP contribution in [0.15, 0.2) is 0 Å². The summed E-state index contributed by atoms with van der Waals surface area (Å²) in [7, 11) is 0. The average molecular weight is 202 g/mol. The van der Waals surface area contributed by atoms with Crippen molar-refractivity contribution in [3.05, 3.63) is 0 Å². The standard InChI is InChI=1S/C10H18O4/c1-2-3-9(10(11)12)14-7-8-4-5-13-6-8/h8-9H,2-7H2,1H3,(H,11,12). The normalized spacial score (nSPS) is 23.6. The summed E-state index contributed by atoms with van der Waals surface area (Å²) in [6, 6.07) is 0. The molecule has 1 fully saturated rings. The monoisotopic (exact) mass is 202 g/mol. The molecule has 4 nitrogen and oxygen atoms in total. The summed E-state index contributed by atoms with van der Waals surface area (Å²) in [4.78, 5) is 10.7. The van der Waals surface area contributed by atoms with Crippen molar-refractivity contribution in [2.75, 3.05) is 19.8 Å². The lowest BCUT2D eigenvalue weighted by atomic mass is 10.1. The Kier molecular flexibility index (Phi) is 4.90. The van der Waals surface area contributed by atoms with E-state index in [9.17, 15) is 4.79 Å². The van der Waals surface area contributed by atoms with Gasteiger partial charge in [-0.2, -0.15) is 0 Å². The highest BCUT2D eigenvalue weighted by Crippen LogP contribution is 2.14. The summed E-state index contributed by atoms with van der Waals surface area (Å²) >= 11 is 0. The van der Waals surface area contributed by atoms with Gasteiger partial charge < -0.3 is 14.6 Å². The molecule has 1 aliphatic rings. The molecule has 14 heavy (non-hydrogen) atoms. The minimum absolute atomic E-state index is 0.383. The topological polar surface area (TPSA) is 55.8 Å². The van der Waals surface area contributed by atoms with Crippen molar-refractivity contribution in [3.8, 4) is 0 Å². The van der Waals surface area contributed by atoms with Crippen molar-refractivity contribution < 1.29 is 19.4 Å². The number of hydrogen-bond acceptors (Lipinski definition) is 3. The predicted octanol–water partition coefficient (Wildman–Crippen LogP) is 1.29. The predicted molar refractivity (Wildman–Crippen MR) is 51.2 cm³/mol. The summed E-state index contributed by atoms with van der Waals surface area (Å²) in [5, 5.41) is 8.82. The first-order chi connectivity index (χ1) is 6.74. The van der Waals surface area contributed by atoms with E-state index in [0.717, 1.165) is 19.4 Å². The molecular weight excluding hydrogens is 184 g/mol. The summed E-state index contributed by atoms with van der Waals surface area (Å²) in [6.45, 7) is 3.95. The molecule has 0 saturated carbocycles. The zero-order valence-corrected chi connectivity index (χ0v) is 8.57. The Hall–Kier alpha value is -0.610. The number of hydrogen-bond donors (Lipinski definition) is 1. The second-order valence-electron chi connectivity index (χ2n) is 3.68. The molecule has 0 aromatic carbocycles. The van der Waals surface area contributed by atoms with Gasteiger partial charge in [0.25, 0.3) is 0 Å². The fraction of sp³-hybridized carbons (Fsp3) is 0.900. The molecule has 0 spiro atoms. The fourth-order valence-electron chi connectivity index (χ4n) is 1.51. The van der Waals surface area contributed by atoms with E-state index < -0.39 is 12.1 Å². The van der Waals surface area contributed by atoms with Gasteiger partial charge in [0.1, 0.15) is 0 Å². The quantitative estimate of drug-likeness (QED) is 0.705. The third-order valence-corrected chi connectivity index (χ3v) is 2.38. The third-order valence-electron chi connectivity index (χ3n) is 2.38. The zero-order valence-electron chi connectivity index (χ0n) is 8.57. The summed E-state index contributed by atoms with van der Waals surface area (Å²) in [5.74, 6) is -0.473. The lowest BCUT2D eigenvalue weighted by molar-refractivity contribution is -0.151. The van der Waals surface area contributed by atoms with E-state index in [-0.39, 0.29) is 0 Å². The van der Waals surface area contributed by atoms with Crippen LogP contribution >= 0.6 is 0 Å². The van der Waals surface area contributed by atoms with Gasteiger partial charge in [0.05, 0.1) is 13.2 Å². The lowest BCUT2D eigenvalue weighted by Crippen LogP contribution is -2.26.